The van der Waals surface area contributed by atoms with E-state index in [1.165, 1.54) is 12.1 Å². The zero-order valence-corrected chi connectivity index (χ0v) is 16.6. The van der Waals surface area contributed by atoms with Gasteiger partial charge in [-0.2, -0.15) is 0 Å². The van der Waals surface area contributed by atoms with Gasteiger partial charge in [-0.3, -0.25) is 10.1 Å². The molecule has 27 heavy (non-hydrogen) atoms. The Kier molecular flexibility index (Phi) is 6.56. The molecule has 0 saturated heterocycles. The second-order valence-electron chi connectivity index (χ2n) is 6.78. The quantitative estimate of drug-likeness (QED) is 0.541. The molecule has 1 N–H and O–H groups in total. The Morgan fingerprint density at radius 1 is 1.15 bits per heavy atom. The van der Waals surface area contributed by atoms with Crippen molar-refractivity contribution in [1.29, 1.82) is 0 Å². The van der Waals surface area contributed by atoms with Gasteiger partial charge >= 0.3 is 0 Å². The molecule has 0 fully saturated rings. The van der Waals surface area contributed by atoms with Crippen molar-refractivity contribution in [2.75, 3.05) is 7.11 Å². The van der Waals surface area contributed by atoms with E-state index in [-0.39, 0.29) is 16.5 Å². The average Bonchev–Trinajstić information content (AvgIpc) is 2.60. The van der Waals surface area contributed by atoms with Crippen LogP contribution in [0.25, 0.3) is 0 Å². The first-order valence-corrected chi connectivity index (χ1v) is 10.0. The first-order chi connectivity index (χ1) is 12.6. The third kappa shape index (κ3) is 5.27. The van der Waals surface area contributed by atoms with Crippen molar-refractivity contribution in [1.82, 2.24) is 4.72 Å². The minimum atomic E-state index is -3.94. The van der Waals surface area contributed by atoms with Gasteiger partial charge in [0, 0.05) is 18.2 Å². The van der Waals surface area contributed by atoms with E-state index in [1.807, 2.05) is 26.0 Å². The molecule has 0 aliphatic heterocycles. The highest BCUT2D eigenvalue weighted by Gasteiger charge is 2.25. The highest BCUT2D eigenvalue weighted by Crippen LogP contribution is 2.28. The van der Waals surface area contributed by atoms with Crippen molar-refractivity contribution in [3.05, 3.63) is 63.7 Å². The Morgan fingerprint density at radius 3 is 2.30 bits per heavy atom. The monoisotopic (exact) mass is 392 g/mol. The topological polar surface area (TPSA) is 98.5 Å². The van der Waals surface area contributed by atoms with E-state index in [4.69, 9.17) is 4.74 Å². The fourth-order valence-corrected chi connectivity index (χ4v) is 4.30. The fourth-order valence-electron chi connectivity index (χ4n) is 2.80. The highest BCUT2D eigenvalue weighted by atomic mass is 32.2. The van der Waals surface area contributed by atoms with Crippen LogP contribution in [0.15, 0.2) is 47.4 Å². The lowest BCUT2D eigenvalue weighted by Gasteiger charge is -2.22. The van der Waals surface area contributed by atoms with Crippen LogP contribution in [0.2, 0.25) is 0 Å². The van der Waals surface area contributed by atoms with Crippen LogP contribution in [0, 0.1) is 23.0 Å². The number of hydrogen-bond donors (Lipinski definition) is 1. The summed E-state index contributed by atoms with van der Waals surface area (Å²) in [5.41, 5.74) is 0.994. The molecule has 0 aliphatic rings. The maximum Gasteiger partial charge on any atom is 0.270 e. The Bertz CT molecular complexity index is 908. The van der Waals surface area contributed by atoms with Crippen LogP contribution in [-0.4, -0.2) is 20.5 Å². The molecule has 0 bridgehead atoms. The third-order valence-corrected chi connectivity index (χ3v) is 5.81. The summed E-state index contributed by atoms with van der Waals surface area (Å²) in [4.78, 5) is 10.3. The van der Waals surface area contributed by atoms with Crippen molar-refractivity contribution in [2.24, 2.45) is 5.92 Å². The summed E-state index contributed by atoms with van der Waals surface area (Å²) in [5.74, 6) is 0.922. The van der Waals surface area contributed by atoms with Gasteiger partial charge < -0.3 is 4.74 Å². The van der Waals surface area contributed by atoms with Crippen LogP contribution in [0.4, 0.5) is 5.69 Å². The summed E-state index contributed by atoms with van der Waals surface area (Å²) in [7, 11) is -2.38. The van der Waals surface area contributed by atoms with Crippen LogP contribution in [0.3, 0.4) is 0 Å². The van der Waals surface area contributed by atoms with Crippen molar-refractivity contribution in [3.63, 3.8) is 0 Å². The third-order valence-electron chi connectivity index (χ3n) is 4.19. The fraction of sp³-hybridized carbons (Fsp3) is 0.368. The molecular formula is C19H24N2O5S. The summed E-state index contributed by atoms with van der Waals surface area (Å²) in [6, 6.07) is 10.5. The molecular weight excluding hydrogens is 368 g/mol. The van der Waals surface area contributed by atoms with E-state index in [9.17, 15) is 18.5 Å². The molecule has 0 heterocycles. The van der Waals surface area contributed by atoms with Crippen molar-refractivity contribution >= 4 is 15.7 Å². The van der Waals surface area contributed by atoms with Gasteiger partial charge in [0.1, 0.15) is 5.75 Å². The average molecular weight is 392 g/mol. The van der Waals surface area contributed by atoms with E-state index in [2.05, 4.69) is 4.72 Å². The number of sulfonamides is 1. The predicted octanol–water partition coefficient (Wildman–Crippen LogP) is 3.98. The number of nitrogens with zero attached hydrogens (tertiary/aromatic N) is 1. The summed E-state index contributed by atoms with van der Waals surface area (Å²) >= 11 is 0. The first-order valence-electron chi connectivity index (χ1n) is 8.55. The molecule has 8 heteroatoms. The SMILES string of the molecule is COc1ccc([C@H](CC(C)C)NS(=O)(=O)c2cc([N+](=O)[O-])ccc2C)cc1. The first kappa shape index (κ1) is 20.9. The molecule has 0 spiro atoms. The van der Waals surface area contributed by atoms with Gasteiger partial charge in [0.2, 0.25) is 10.0 Å². The normalized spacial score (nSPS) is 12.8. The summed E-state index contributed by atoms with van der Waals surface area (Å²) in [6.07, 6.45) is 0.583. The number of rotatable bonds is 8. The van der Waals surface area contributed by atoms with Gasteiger partial charge in [-0.15, -0.1) is 0 Å². The van der Waals surface area contributed by atoms with Crippen LogP contribution in [0.1, 0.15) is 37.4 Å². The number of ether oxygens (including phenoxy) is 1. The molecule has 146 valence electrons. The standard InChI is InChI=1S/C19H24N2O5S/c1-13(2)11-18(15-6-9-17(26-4)10-7-15)20-27(24,25)19-12-16(21(22)23)8-5-14(19)3/h5-10,12-13,18,20H,11H2,1-4H3/t18-/m0/s1. The molecule has 7 nitrogen and oxygen atoms in total. The van der Waals surface area contributed by atoms with Gasteiger partial charge in [-0.25, -0.2) is 13.1 Å². The minimum absolute atomic E-state index is 0.0843. The van der Waals surface area contributed by atoms with E-state index in [1.54, 1.807) is 26.2 Å². The second-order valence-corrected chi connectivity index (χ2v) is 8.47. The van der Waals surface area contributed by atoms with E-state index >= 15 is 0 Å². The molecule has 0 aliphatic carbocycles. The number of methoxy groups -OCH3 is 1. The lowest BCUT2D eigenvalue weighted by molar-refractivity contribution is -0.385. The smallest absolute Gasteiger partial charge is 0.270 e. The van der Waals surface area contributed by atoms with Crippen LogP contribution < -0.4 is 9.46 Å². The maximum atomic E-state index is 13.0. The number of nitrogens with one attached hydrogen (secondary N) is 1. The van der Waals surface area contributed by atoms with Crippen molar-refractivity contribution < 1.29 is 18.1 Å². The van der Waals surface area contributed by atoms with Crippen LogP contribution in [-0.2, 0) is 10.0 Å². The summed E-state index contributed by atoms with van der Waals surface area (Å²) in [6.45, 7) is 5.62. The lowest BCUT2D eigenvalue weighted by Crippen LogP contribution is -2.30. The largest absolute Gasteiger partial charge is 0.497 e. The van der Waals surface area contributed by atoms with E-state index < -0.39 is 21.0 Å². The van der Waals surface area contributed by atoms with Gasteiger partial charge in [0.25, 0.3) is 5.69 Å². The zero-order valence-electron chi connectivity index (χ0n) is 15.8. The van der Waals surface area contributed by atoms with Gasteiger partial charge in [0.15, 0.2) is 0 Å². The number of non-ortho nitro benzene ring substituents is 1. The van der Waals surface area contributed by atoms with Crippen molar-refractivity contribution in [2.45, 2.75) is 38.1 Å². The van der Waals surface area contributed by atoms with Gasteiger partial charge in [0.05, 0.1) is 16.9 Å². The summed E-state index contributed by atoms with van der Waals surface area (Å²) in [5, 5.41) is 11.0. The number of nitro groups is 1. The highest BCUT2D eigenvalue weighted by molar-refractivity contribution is 7.89. The maximum absolute atomic E-state index is 13.0. The summed E-state index contributed by atoms with van der Waals surface area (Å²) < 4.78 is 33.8. The Balaban J connectivity index is 2.40. The molecule has 2 aromatic carbocycles. The van der Waals surface area contributed by atoms with Crippen LogP contribution >= 0.6 is 0 Å². The van der Waals surface area contributed by atoms with Crippen LogP contribution in [0.5, 0.6) is 5.75 Å². The Labute approximate surface area is 159 Å². The van der Waals surface area contributed by atoms with E-state index in [0.717, 1.165) is 11.6 Å². The predicted molar refractivity (Wildman–Crippen MR) is 103 cm³/mol. The van der Waals surface area contributed by atoms with Gasteiger partial charge in [-0.05, 0) is 42.5 Å². The van der Waals surface area contributed by atoms with Crippen molar-refractivity contribution in [3.8, 4) is 5.75 Å². The molecule has 2 rings (SSSR count). The molecule has 0 radical (unpaired) electrons. The molecule has 1 atom stereocenters. The molecule has 0 aromatic heterocycles. The number of aryl methyl sites for hydroxylation is 1. The van der Waals surface area contributed by atoms with E-state index in [0.29, 0.717) is 17.7 Å². The molecule has 2 aromatic rings. The molecule has 0 saturated carbocycles. The Hall–Kier alpha value is -2.45. The minimum Gasteiger partial charge on any atom is -0.497 e. The van der Waals surface area contributed by atoms with Gasteiger partial charge in [-0.1, -0.05) is 32.0 Å². The lowest BCUT2D eigenvalue weighted by atomic mass is 9.98. The number of hydrogen-bond acceptors (Lipinski definition) is 5. The molecule has 0 unspecified atom stereocenters. The number of nitro benzene ring substituents is 1. The Morgan fingerprint density at radius 2 is 1.78 bits per heavy atom. The molecule has 0 amide bonds. The number of benzene rings is 2. The zero-order chi connectivity index (χ0) is 20.2. The second kappa shape index (κ2) is 8.49.